The molecule has 0 spiro atoms. The predicted octanol–water partition coefficient (Wildman–Crippen LogP) is 2.99. The van der Waals surface area contributed by atoms with Crippen LogP contribution in [0.1, 0.15) is 5.69 Å². The maximum atomic E-state index is 5.92. The van der Waals surface area contributed by atoms with Gasteiger partial charge in [-0.15, -0.1) is 0 Å². The first-order valence-electron chi connectivity index (χ1n) is 5.55. The summed E-state index contributed by atoms with van der Waals surface area (Å²) >= 11 is 5.92. The second kappa shape index (κ2) is 4.07. The molecule has 0 aromatic carbocycles. The summed E-state index contributed by atoms with van der Waals surface area (Å²) in [7, 11) is 1.99. The van der Waals surface area contributed by atoms with Crippen LogP contribution in [-0.4, -0.2) is 19.5 Å². The van der Waals surface area contributed by atoms with E-state index in [0.717, 1.165) is 28.0 Å². The van der Waals surface area contributed by atoms with Gasteiger partial charge in [-0.3, -0.25) is 0 Å². The van der Waals surface area contributed by atoms with Crippen molar-refractivity contribution in [3.05, 3.63) is 41.6 Å². The van der Waals surface area contributed by atoms with Crippen molar-refractivity contribution in [1.82, 2.24) is 19.5 Å². The van der Waals surface area contributed by atoms with Gasteiger partial charge in [-0.25, -0.2) is 15.0 Å². The first-order chi connectivity index (χ1) is 8.65. The minimum absolute atomic E-state index is 0.495. The van der Waals surface area contributed by atoms with Gasteiger partial charge in [0.15, 0.2) is 0 Å². The Bertz CT molecular complexity index is 733. The monoisotopic (exact) mass is 258 g/mol. The van der Waals surface area contributed by atoms with Crippen molar-refractivity contribution in [2.24, 2.45) is 7.05 Å². The van der Waals surface area contributed by atoms with Crippen LogP contribution in [-0.2, 0) is 7.05 Å². The molecule has 3 heterocycles. The molecule has 0 aliphatic heterocycles. The molecule has 0 atom stereocenters. The minimum atomic E-state index is 0.495. The van der Waals surface area contributed by atoms with Gasteiger partial charge in [-0.1, -0.05) is 11.6 Å². The summed E-state index contributed by atoms with van der Waals surface area (Å²) in [6.45, 7) is 1.95. The van der Waals surface area contributed by atoms with Gasteiger partial charge in [0, 0.05) is 24.3 Å². The molecule has 0 bridgehead atoms. The number of hydrogen-bond acceptors (Lipinski definition) is 3. The molecule has 0 aliphatic rings. The van der Waals surface area contributed by atoms with E-state index in [9.17, 15) is 0 Å². The zero-order chi connectivity index (χ0) is 12.7. The third-order valence-corrected chi connectivity index (χ3v) is 3.17. The highest BCUT2D eigenvalue weighted by atomic mass is 35.5. The summed E-state index contributed by atoms with van der Waals surface area (Å²) in [5.41, 5.74) is 3.92. The second-order valence-corrected chi connectivity index (χ2v) is 4.59. The van der Waals surface area contributed by atoms with Crippen molar-refractivity contribution >= 4 is 22.5 Å². The van der Waals surface area contributed by atoms with E-state index >= 15 is 0 Å². The zero-order valence-electron chi connectivity index (χ0n) is 10.1. The quantitative estimate of drug-likeness (QED) is 0.630. The van der Waals surface area contributed by atoms with E-state index in [2.05, 4.69) is 25.6 Å². The Morgan fingerprint density at radius 1 is 1.11 bits per heavy atom. The SMILES string of the molecule is Cc1cc(-c2cc3cnc(Cl)cc3n2C)ncn1. The van der Waals surface area contributed by atoms with Crippen LogP contribution in [0.3, 0.4) is 0 Å². The fourth-order valence-electron chi connectivity index (χ4n) is 2.05. The van der Waals surface area contributed by atoms with Crippen molar-refractivity contribution in [2.75, 3.05) is 0 Å². The molecule has 90 valence electrons. The Labute approximate surface area is 109 Å². The lowest BCUT2D eigenvalue weighted by atomic mass is 10.2. The Hall–Kier alpha value is -1.94. The van der Waals surface area contributed by atoms with Crippen molar-refractivity contribution in [2.45, 2.75) is 6.92 Å². The lowest BCUT2D eigenvalue weighted by Crippen LogP contribution is -1.94. The fraction of sp³-hybridized carbons (Fsp3) is 0.154. The number of halogens is 1. The number of fused-ring (bicyclic) bond motifs is 1. The molecule has 3 aromatic heterocycles. The Morgan fingerprint density at radius 2 is 1.94 bits per heavy atom. The summed E-state index contributed by atoms with van der Waals surface area (Å²) in [4.78, 5) is 12.5. The van der Waals surface area contributed by atoms with Crippen molar-refractivity contribution in [3.63, 3.8) is 0 Å². The first-order valence-corrected chi connectivity index (χ1v) is 5.93. The van der Waals surface area contributed by atoms with Crippen LogP contribution in [0.15, 0.2) is 30.7 Å². The van der Waals surface area contributed by atoms with Gasteiger partial charge in [0.25, 0.3) is 0 Å². The van der Waals surface area contributed by atoms with Crippen LogP contribution >= 0.6 is 11.6 Å². The third kappa shape index (κ3) is 1.75. The number of pyridine rings is 1. The number of aryl methyl sites for hydroxylation is 2. The van der Waals surface area contributed by atoms with E-state index in [4.69, 9.17) is 11.6 Å². The smallest absolute Gasteiger partial charge is 0.131 e. The molecule has 0 unspecified atom stereocenters. The van der Waals surface area contributed by atoms with Gasteiger partial charge in [0.05, 0.1) is 16.9 Å². The lowest BCUT2D eigenvalue weighted by molar-refractivity contribution is 0.963. The number of aromatic nitrogens is 4. The molecule has 0 radical (unpaired) electrons. The summed E-state index contributed by atoms with van der Waals surface area (Å²) in [5, 5.41) is 1.54. The van der Waals surface area contributed by atoms with Crippen LogP contribution in [0.25, 0.3) is 22.3 Å². The number of hydrogen-bond donors (Lipinski definition) is 0. The highest BCUT2D eigenvalue weighted by Crippen LogP contribution is 2.26. The summed E-state index contributed by atoms with van der Waals surface area (Å²) in [6, 6.07) is 5.87. The Balaban J connectivity index is 2.27. The zero-order valence-corrected chi connectivity index (χ0v) is 10.8. The van der Waals surface area contributed by atoms with Crippen LogP contribution in [0.4, 0.5) is 0 Å². The first kappa shape index (κ1) is 11.2. The second-order valence-electron chi connectivity index (χ2n) is 4.20. The summed E-state index contributed by atoms with van der Waals surface area (Å²) in [6.07, 6.45) is 3.35. The fourth-order valence-corrected chi connectivity index (χ4v) is 2.20. The number of nitrogens with zero attached hydrogens (tertiary/aromatic N) is 4. The van der Waals surface area contributed by atoms with E-state index in [1.54, 1.807) is 12.5 Å². The highest BCUT2D eigenvalue weighted by Gasteiger charge is 2.10. The number of rotatable bonds is 1. The van der Waals surface area contributed by atoms with Gasteiger partial charge in [-0.2, -0.15) is 0 Å². The van der Waals surface area contributed by atoms with Gasteiger partial charge in [0.1, 0.15) is 11.5 Å². The largest absolute Gasteiger partial charge is 0.342 e. The molecular weight excluding hydrogens is 248 g/mol. The lowest BCUT2D eigenvalue weighted by Gasteiger charge is -2.03. The van der Waals surface area contributed by atoms with Crippen molar-refractivity contribution in [3.8, 4) is 11.4 Å². The summed E-state index contributed by atoms with van der Waals surface area (Å²) in [5.74, 6) is 0. The molecule has 0 fully saturated rings. The van der Waals surface area contributed by atoms with Crippen LogP contribution in [0.2, 0.25) is 5.15 Å². The maximum Gasteiger partial charge on any atom is 0.131 e. The molecule has 3 aromatic rings. The van der Waals surface area contributed by atoms with Crippen molar-refractivity contribution < 1.29 is 0 Å². The average molecular weight is 259 g/mol. The van der Waals surface area contributed by atoms with E-state index in [1.807, 2.05) is 26.1 Å². The molecule has 0 saturated heterocycles. The Kier molecular flexibility index (Phi) is 2.52. The van der Waals surface area contributed by atoms with Gasteiger partial charge >= 0.3 is 0 Å². The molecule has 3 rings (SSSR count). The van der Waals surface area contributed by atoms with E-state index in [-0.39, 0.29) is 0 Å². The normalized spacial score (nSPS) is 11.1. The molecule has 0 aliphatic carbocycles. The van der Waals surface area contributed by atoms with E-state index in [0.29, 0.717) is 5.15 Å². The van der Waals surface area contributed by atoms with E-state index in [1.165, 1.54) is 0 Å². The minimum Gasteiger partial charge on any atom is -0.342 e. The van der Waals surface area contributed by atoms with Crippen LogP contribution in [0, 0.1) is 6.92 Å². The maximum absolute atomic E-state index is 5.92. The summed E-state index contributed by atoms with van der Waals surface area (Å²) < 4.78 is 2.06. The predicted molar refractivity (Wildman–Crippen MR) is 71.5 cm³/mol. The molecule has 18 heavy (non-hydrogen) atoms. The average Bonchev–Trinajstić information content (AvgIpc) is 2.67. The third-order valence-electron chi connectivity index (χ3n) is 2.96. The topological polar surface area (TPSA) is 43.6 Å². The van der Waals surface area contributed by atoms with E-state index < -0.39 is 0 Å². The standard InChI is InChI=1S/C13H11ClN4/c1-8-3-10(17-7-16-8)12-4-9-6-15-13(14)5-11(9)18(12)2/h3-7H,1-2H3. The molecule has 0 amide bonds. The molecule has 4 nitrogen and oxygen atoms in total. The molecule has 0 saturated carbocycles. The van der Waals surface area contributed by atoms with Crippen LogP contribution in [0.5, 0.6) is 0 Å². The molecular formula is C13H11ClN4. The Morgan fingerprint density at radius 3 is 2.72 bits per heavy atom. The van der Waals surface area contributed by atoms with Gasteiger partial charge < -0.3 is 4.57 Å². The van der Waals surface area contributed by atoms with Gasteiger partial charge in [-0.05, 0) is 25.1 Å². The van der Waals surface area contributed by atoms with Crippen LogP contribution < -0.4 is 0 Å². The molecule has 0 N–H and O–H groups in total. The van der Waals surface area contributed by atoms with Gasteiger partial charge in [0.2, 0.25) is 0 Å². The highest BCUT2D eigenvalue weighted by molar-refractivity contribution is 6.30. The van der Waals surface area contributed by atoms with Crippen molar-refractivity contribution in [1.29, 1.82) is 0 Å². The molecule has 5 heteroatoms.